The minimum absolute atomic E-state index is 0.105. The SMILES string of the molecule is Cc1ccc2c(c1C)N(C)C(=O)C2(c1ccccc1)c1ccccc1. The number of hydrogen-bond donors (Lipinski definition) is 0. The minimum atomic E-state index is -0.787. The van der Waals surface area contributed by atoms with Crippen LogP contribution in [0, 0.1) is 13.8 Å². The number of aryl methyl sites for hydroxylation is 1. The van der Waals surface area contributed by atoms with Gasteiger partial charge in [-0.25, -0.2) is 0 Å². The van der Waals surface area contributed by atoms with Gasteiger partial charge in [-0.3, -0.25) is 4.79 Å². The number of benzene rings is 3. The Hall–Kier alpha value is -2.87. The molecule has 3 aromatic rings. The molecule has 2 nitrogen and oxygen atoms in total. The fourth-order valence-corrected chi connectivity index (χ4v) is 4.11. The highest BCUT2D eigenvalue weighted by Crippen LogP contribution is 2.51. The molecule has 124 valence electrons. The molecule has 1 aliphatic rings. The molecule has 1 heterocycles. The smallest absolute Gasteiger partial charge is 0.246 e. The number of amides is 1. The fraction of sp³-hybridized carbons (Fsp3) is 0.174. The van der Waals surface area contributed by atoms with Crippen LogP contribution in [0.2, 0.25) is 0 Å². The molecule has 4 rings (SSSR count). The van der Waals surface area contributed by atoms with Gasteiger partial charge in [-0.05, 0) is 36.1 Å². The lowest BCUT2D eigenvalue weighted by atomic mass is 9.70. The molecule has 25 heavy (non-hydrogen) atoms. The molecule has 0 saturated carbocycles. The van der Waals surface area contributed by atoms with E-state index in [0.717, 1.165) is 22.4 Å². The zero-order valence-corrected chi connectivity index (χ0v) is 14.8. The number of hydrogen-bond acceptors (Lipinski definition) is 1. The zero-order valence-electron chi connectivity index (χ0n) is 14.8. The average Bonchev–Trinajstić information content (AvgIpc) is 2.88. The average molecular weight is 327 g/mol. The van der Waals surface area contributed by atoms with E-state index >= 15 is 0 Å². The normalized spacial score (nSPS) is 15.3. The Balaban J connectivity index is 2.15. The molecule has 0 saturated heterocycles. The molecule has 1 aliphatic heterocycles. The summed E-state index contributed by atoms with van der Waals surface area (Å²) in [6.07, 6.45) is 0. The second-order valence-electron chi connectivity index (χ2n) is 6.75. The molecule has 0 N–H and O–H groups in total. The van der Waals surface area contributed by atoms with Gasteiger partial charge in [0.1, 0.15) is 5.41 Å². The molecule has 0 aliphatic carbocycles. The highest BCUT2D eigenvalue weighted by Gasteiger charge is 2.52. The Morgan fingerprint density at radius 1 is 0.760 bits per heavy atom. The van der Waals surface area contributed by atoms with Crippen LogP contribution in [0.5, 0.6) is 0 Å². The first-order valence-corrected chi connectivity index (χ1v) is 8.58. The van der Waals surface area contributed by atoms with E-state index in [1.807, 2.05) is 48.3 Å². The van der Waals surface area contributed by atoms with Crippen LogP contribution in [0.1, 0.15) is 27.8 Å². The van der Waals surface area contributed by atoms with Gasteiger partial charge in [0.05, 0.1) is 5.69 Å². The summed E-state index contributed by atoms with van der Waals surface area (Å²) in [5, 5.41) is 0. The van der Waals surface area contributed by atoms with Crippen LogP contribution in [-0.4, -0.2) is 13.0 Å². The van der Waals surface area contributed by atoms with Crippen molar-refractivity contribution in [3.8, 4) is 0 Å². The van der Waals surface area contributed by atoms with Gasteiger partial charge in [0.25, 0.3) is 0 Å². The van der Waals surface area contributed by atoms with E-state index in [1.54, 1.807) is 0 Å². The number of fused-ring (bicyclic) bond motifs is 1. The zero-order chi connectivity index (χ0) is 17.6. The van der Waals surface area contributed by atoms with Crippen LogP contribution >= 0.6 is 0 Å². The predicted octanol–water partition coefficient (Wildman–Crippen LogP) is 4.61. The third kappa shape index (κ3) is 2.00. The molecule has 0 fully saturated rings. The molecule has 0 unspecified atom stereocenters. The van der Waals surface area contributed by atoms with Gasteiger partial charge in [0.2, 0.25) is 5.91 Å². The van der Waals surface area contributed by atoms with Crippen LogP contribution in [0.15, 0.2) is 72.8 Å². The van der Waals surface area contributed by atoms with Crippen molar-refractivity contribution in [3.63, 3.8) is 0 Å². The topological polar surface area (TPSA) is 20.3 Å². The molecule has 0 spiro atoms. The van der Waals surface area contributed by atoms with Crippen LogP contribution < -0.4 is 4.90 Å². The number of anilines is 1. The van der Waals surface area contributed by atoms with Crippen molar-refractivity contribution >= 4 is 11.6 Å². The second-order valence-corrected chi connectivity index (χ2v) is 6.75. The number of rotatable bonds is 2. The third-order valence-corrected chi connectivity index (χ3v) is 5.48. The standard InChI is InChI=1S/C23H21NO/c1-16-14-15-20-21(17(16)2)24(3)22(25)23(20,18-10-6-4-7-11-18)19-12-8-5-9-13-19/h4-15H,1-3H3. The number of likely N-dealkylation sites (N-methyl/N-ethyl adjacent to an activating group) is 1. The molecule has 0 aromatic heterocycles. The molecule has 0 radical (unpaired) electrons. The molecule has 0 bridgehead atoms. The highest BCUT2D eigenvalue weighted by molar-refractivity contribution is 6.13. The summed E-state index contributed by atoms with van der Waals surface area (Å²) < 4.78 is 0. The third-order valence-electron chi connectivity index (χ3n) is 5.48. The maximum Gasteiger partial charge on any atom is 0.246 e. The number of carbonyl (C=O) groups excluding carboxylic acids is 1. The monoisotopic (exact) mass is 327 g/mol. The van der Waals surface area contributed by atoms with Crippen LogP contribution in [-0.2, 0) is 10.2 Å². The molecule has 2 heteroatoms. The summed E-state index contributed by atoms with van der Waals surface area (Å²) in [5.41, 5.74) is 5.72. The van der Waals surface area contributed by atoms with Crippen LogP contribution in [0.25, 0.3) is 0 Å². The largest absolute Gasteiger partial charge is 0.314 e. The maximum absolute atomic E-state index is 13.7. The fourth-order valence-electron chi connectivity index (χ4n) is 4.11. The number of carbonyl (C=O) groups is 1. The van der Waals surface area contributed by atoms with E-state index < -0.39 is 5.41 Å². The first-order valence-electron chi connectivity index (χ1n) is 8.58. The summed E-state index contributed by atoms with van der Waals surface area (Å²) in [5.74, 6) is 0.105. The van der Waals surface area contributed by atoms with Gasteiger partial charge in [0.15, 0.2) is 0 Å². The van der Waals surface area contributed by atoms with Crippen LogP contribution in [0.3, 0.4) is 0 Å². The second kappa shape index (κ2) is 5.59. The lowest BCUT2D eigenvalue weighted by molar-refractivity contribution is -0.120. The van der Waals surface area contributed by atoms with Crippen molar-refractivity contribution in [1.82, 2.24) is 0 Å². The van der Waals surface area contributed by atoms with Crippen LogP contribution in [0.4, 0.5) is 5.69 Å². The van der Waals surface area contributed by atoms with E-state index in [9.17, 15) is 4.79 Å². The Morgan fingerprint density at radius 2 is 1.28 bits per heavy atom. The Morgan fingerprint density at radius 3 is 1.80 bits per heavy atom. The maximum atomic E-state index is 13.7. The van der Waals surface area contributed by atoms with Crippen molar-refractivity contribution in [3.05, 3.63) is 101 Å². The molecule has 3 aromatic carbocycles. The molecule has 0 atom stereocenters. The van der Waals surface area contributed by atoms with Gasteiger partial charge < -0.3 is 4.90 Å². The van der Waals surface area contributed by atoms with Gasteiger partial charge in [-0.2, -0.15) is 0 Å². The van der Waals surface area contributed by atoms with Gasteiger partial charge >= 0.3 is 0 Å². The molecular formula is C23H21NO. The Kier molecular flexibility index (Phi) is 3.50. The Labute approximate surface area is 148 Å². The summed E-state index contributed by atoms with van der Waals surface area (Å²) in [7, 11) is 1.89. The first kappa shape index (κ1) is 15.6. The first-order chi connectivity index (χ1) is 12.1. The quantitative estimate of drug-likeness (QED) is 0.673. The summed E-state index contributed by atoms with van der Waals surface area (Å²) in [6.45, 7) is 4.20. The summed E-state index contributed by atoms with van der Waals surface area (Å²) >= 11 is 0. The van der Waals surface area contributed by atoms with Gasteiger partial charge in [-0.15, -0.1) is 0 Å². The van der Waals surface area contributed by atoms with E-state index in [1.165, 1.54) is 11.1 Å². The van der Waals surface area contributed by atoms with E-state index in [0.29, 0.717) is 0 Å². The lowest BCUT2D eigenvalue weighted by Gasteiger charge is -2.29. The number of nitrogens with zero attached hydrogens (tertiary/aromatic N) is 1. The van der Waals surface area contributed by atoms with Crippen molar-refractivity contribution in [1.29, 1.82) is 0 Å². The Bertz CT molecular complexity index is 905. The van der Waals surface area contributed by atoms with E-state index in [4.69, 9.17) is 0 Å². The molecule has 1 amide bonds. The van der Waals surface area contributed by atoms with E-state index in [2.05, 4.69) is 50.2 Å². The minimum Gasteiger partial charge on any atom is -0.314 e. The van der Waals surface area contributed by atoms with Gasteiger partial charge in [-0.1, -0.05) is 72.8 Å². The van der Waals surface area contributed by atoms with Crippen molar-refractivity contribution in [2.24, 2.45) is 0 Å². The van der Waals surface area contributed by atoms with Crippen molar-refractivity contribution in [2.75, 3.05) is 11.9 Å². The molecular weight excluding hydrogens is 306 g/mol. The van der Waals surface area contributed by atoms with Gasteiger partial charge in [0, 0.05) is 12.6 Å². The summed E-state index contributed by atoms with van der Waals surface area (Å²) in [6, 6.07) is 24.5. The summed E-state index contributed by atoms with van der Waals surface area (Å²) in [4.78, 5) is 15.5. The van der Waals surface area contributed by atoms with Crippen molar-refractivity contribution < 1.29 is 4.79 Å². The predicted molar refractivity (Wildman–Crippen MR) is 102 cm³/mol. The highest BCUT2D eigenvalue weighted by atomic mass is 16.2. The van der Waals surface area contributed by atoms with E-state index in [-0.39, 0.29) is 5.91 Å². The van der Waals surface area contributed by atoms with Crippen molar-refractivity contribution in [2.45, 2.75) is 19.3 Å². The lowest BCUT2D eigenvalue weighted by Crippen LogP contribution is -2.40.